The number of halogens is 4. The summed E-state index contributed by atoms with van der Waals surface area (Å²) in [6.45, 7) is 1.49. The molecule has 0 unspecified atom stereocenters. The van der Waals surface area contributed by atoms with Gasteiger partial charge in [-0.3, -0.25) is 0 Å². The molecule has 3 rings (SSSR count). The van der Waals surface area contributed by atoms with E-state index in [1.807, 2.05) is 0 Å². The Kier molecular flexibility index (Phi) is 6.78. The number of carbonyl (C=O) groups is 1. The summed E-state index contributed by atoms with van der Waals surface area (Å²) >= 11 is 1.10. The van der Waals surface area contributed by atoms with Gasteiger partial charge in [-0.15, -0.1) is 11.3 Å². The molecule has 0 atom stereocenters. The Labute approximate surface area is 180 Å². The van der Waals surface area contributed by atoms with E-state index in [1.165, 1.54) is 25.1 Å². The standard InChI is InChI=1S/C21H21F4N3O2S/c1-11(26)17(13-3-2-4-15(22)9-13)18(19(29)30)28-20-27-16(10-31-20)12-5-7-14(8-6-12)21(23,24)25/h2-4,9-10,12,14H,5-8,26H2,1H3,(H,29,30). The van der Waals surface area contributed by atoms with Gasteiger partial charge in [0.05, 0.1) is 11.6 Å². The Balaban J connectivity index is 1.87. The van der Waals surface area contributed by atoms with Gasteiger partial charge >= 0.3 is 12.1 Å². The summed E-state index contributed by atoms with van der Waals surface area (Å²) in [5.41, 5.74) is 6.60. The van der Waals surface area contributed by atoms with Crippen molar-refractivity contribution in [2.45, 2.75) is 44.7 Å². The lowest BCUT2D eigenvalue weighted by atomic mass is 9.80. The zero-order chi connectivity index (χ0) is 22.8. The van der Waals surface area contributed by atoms with E-state index in [-0.39, 0.29) is 46.4 Å². The normalized spacial score (nSPS) is 21.0. The molecule has 1 aliphatic rings. The van der Waals surface area contributed by atoms with Crippen molar-refractivity contribution in [1.82, 2.24) is 4.98 Å². The second-order valence-electron chi connectivity index (χ2n) is 7.48. The van der Waals surface area contributed by atoms with Crippen molar-refractivity contribution in [2.75, 3.05) is 0 Å². The molecule has 1 aliphatic carbocycles. The predicted molar refractivity (Wildman–Crippen MR) is 111 cm³/mol. The van der Waals surface area contributed by atoms with Crippen molar-refractivity contribution in [3.63, 3.8) is 0 Å². The van der Waals surface area contributed by atoms with Crippen molar-refractivity contribution >= 4 is 33.7 Å². The lowest BCUT2D eigenvalue weighted by Gasteiger charge is -2.28. The minimum absolute atomic E-state index is 0.0451. The van der Waals surface area contributed by atoms with E-state index in [0.717, 1.165) is 17.4 Å². The maximum absolute atomic E-state index is 13.7. The smallest absolute Gasteiger partial charge is 0.391 e. The average molecular weight is 455 g/mol. The van der Waals surface area contributed by atoms with Gasteiger partial charge < -0.3 is 10.8 Å². The second-order valence-corrected chi connectivity index (χ2v) is 8.32. The number of nitrogens with zero attached hydrogens (tertiary/aromatic N) is 2. The van der Waals surface area contributed by atoms with Crippen LogP contribution in [0.3, 0.4) is 0 Å². The van der Waals surface area contributed by atoms with Crippen LogP contribution in [0.1, 0.15) is 49.8 Å². The third-order valence-corrected chi connectivity index (χ3v) is 6.03. The van der Waals surface area contributed by atoms with Gasteiger partial charge in [-0.25, -0.2) is 19.2 Å². The fraction of sp³-hybridized carbons (Fsp3) is 0.381. The molecule has 1 saturated carbocycles. The van der Waals surface area contributed by atoms with Gasteiger partial charge in [0.1, 0.15) is 5.82 Å². The third-order valence-electron chi connectivity index (χ3n) is 5.27. The van der Waals surface area contributed by atoms with Crippen LogP contribution in [0.2, 0.25) is 0 Å². The fourth-order valence-corrected chi connectivity index (χ4v) is 4.51. The predicted octanol–water partition coefficient (Wildman–Crippen LogP) is 5.67. The van der Waals surface area contributed by atoms with Crippen LogP contribution in [0, 0.1) is 11.7 Å². The van der Waals surface area contributed by atoms with Gasteiger partial charge in [0.15, 0.2) is 5.71 Å². The van der Waals surface area contributed by atoms with Crippen molar-refractivity contribution in [2.24, 2.45) is 16.6 Å². The minimum atomic E-state index is -4.18. The van der Waals surface area contributed by atoms with Crippen molar-refractivity contribution in [3.05, 3.63) is 52.4 Å². The number of aromatic nitrogens is 1. The van der Waals surface area contributed by atoms with Crippen molar-refractivity contribution in [3.8, 4) is 0 Å². The summed E-state index contributed by atoms with van der Waals surface area (Å²) in [6, 6.07) is 5.35. The number of carboxylic acids is 1. The molecule has 31 heavy (non-hydrogen) atoms. The molecule has 1 heterocycles. The van der Waals surface area contributed by atoms with Crippen LogP contribution in [0.25, 0.3) is 5.57 Å². The molecule has 0 aliphatic heterocycles. The van der Waals surface area contributed by atoms with E-state index >= 15 is 0 Å². The first-order valence-electron chi connectivity index (χ1n) is 9.63. The first-order chi connectivity index (χ1) is 14.6. The quantitative estimate of drug-likeness (QED) is 0.449. The highest BCUT2D eigenvalue weighted by molar-refractivity contribution is 7.13. The minimum Gasteiger partial charge on any atom is -0.476 e. The van der Waals surface area contributed by atoms with E-state index in [4.69, 9.17) is 5.73 Å². The number of rotatable bonds is 5. The summed E-state index contributed by atoms with van der Waals surface area (Å²) in [5.74, 6) is -3.31. The summed E-state index contributed by atoms with van der Waals surface area (Å²) < 4.78 is 52.3. The van der Waals surface area contributed by atoms with Gasteiger partial charge in [-0.05, 0) is 50.3 Å². The molecule has 3 N–H and O–H groups in total. The molecule has 166 valence electrons. The first-order valence-corrected chi connectivity index (χ1v) is 10.5. The molecule has 5 nitrogen and oxygen atoms in total. The lowest BCUT2D eigenvalue weighted by molar-refractivity contribution is -0.182. The fourth-order valence-electron chi connectivity index (χ4n) is 3.73. The number of aliphatic imine (C=N–C) groups is 1. The lowest BCUT2D eigenvalue weighted by Crippen LogP contribution is -2.27. The molecule has 0 amide bonds. The van der Waals surface area contributed by atoms with Crippen LogP contribution >= 0.6 is 11.3 Å². The van der Waals surface area contributed by atoms with E-state index < -0.39 is 23.9 Å². The maximum atomic E-state index is 13.7. The SMILES string of the molecule is CC(N)=C(C(=Nc1nc(C2CCC(C(F)(F)F)CC2)cs1)C(=O)O)c1cccc(F)c1. The number of carboxylic acid groups (broad SMARTS) is 1. The van der Waals surface area contributed by atoms with Crippen LogP contribution < -0.4 is 5.73 Å². The number of hydrogen-bond acceptors (Lipinski definition) is 5. The maximum Gasteiger partial charge on any atom is 0.391 e. The Morgan fingerprint density at radius 2 is 1.94 bits per heavy atom. The topological polar surface area (TPSA) is 88.6 Å². The molecule has 0 saturated heterocycles. The van der Waals surface area contributed by atoms with Gasteiger partial charge in [-0.2, -0.15) is 13.2 Å². The monoisotopic (exact) mass is 455 g/mol. The molecule has 0 spiro atoms. The molecule has 1 fully saturated rings. The average Bonchev–Trinajstić information content (AvgIpc) is 3.15. The molecular formula is C21H21F4N3O2S. The van der Waals surface area contributed by atoms with Gasteiger partial charge in [-0.1, -0.05) is 12.1 Å². The van der Waals surface area contributed by atoms with Crippen molar-refractivity contribution in [1.29, 1.82) is 0 Å². The molecule has 0 radical (unpaired) electrons. The third kappa shape index (κ3) is 5.49. The van der Waals surface area contributed by atoms with Gasteiger partial charge in [0.2, 0.25) is 5.13 Å². The number of thiazole rings is 1. The summed E-state index contributed by atoms with van der Waals surface area (Å²) in [6.07, 6.45) is -3.37. The second kappa shape index (κ2) is 9.17. The van der Waals surface area contributed by atoms with E-state index in [0.29, 0.717) is 18.5 Å². The van der Waals surface area contributed by atoms with Crippen LogP contribution in [-0.4, -0.2) is 27.9 Å². The highest BCUT2D eigenvalue weighted by Crippen LogP contribution is 2.43. The van der Waals surface area contributed by atoms with Gasteiger partial charge in [0.25, 0.3) is 0 Å². The van der Waals surface area contributed by atoms with Crippen LogP contribution in [-0.2, 0) is 4.79 Å². The molecule has 10 heteroatoms. The van der Waals surface area contributed by atoms with Crippen LogP contribution in [0.15, 0.2) is 40.3 Å². The number of alkyl halides is 3. The molecule has 2 aromatic rings. The Morgan fingerprint density at radius 1 is 1.26 bits per heavy atom. The van der Waals surface area contributed by atoms with Crippen LogP contribution in [0.4, 0.5) is 22.7 Å². The molecule has 1 aromatic heterocycles. The summed E-state index contributed by atoms with van der Waals surface area (Å²) in [7, 11) is 0. The van der Waals surface area contributed by atoms with E-state index in [2.05, 4.69) is 9.98 Å². The number of benzene rings is 1. The Morgan fingerprint density at radius 3 is 2.48 bits per heavy atom. The summed E-state index contributed by atoms with van der Waals surface area (Å²) in [4.78, 5) is 20.4. The zero-order valence-electron chi connectivity index (χ0n) is 16.6. The van der Waals surface area contributed by atoms with Crippen LogP contribution in [0.5, 0.6) is 0 Å². The van der Waals surface area contributed by atoms with Gasteiger partial charge in [0, 0.05) is 22.6 Å². The number of allylic oxidation sites excluding steroid dienone is 1. The number of hydrogen-bond donors (Lipinski definition) is 2. The number of nitrogens with two attached hydrogens (primary N) is 1. The summed E-state index contributed by atoms with van der Waals surface area (Å²) in [5, 5.41) is 11.5. The Bertz CT molecular complexity index is 1020. The first kappa shape index (κ1) is 22.9. The zero-order valence-corrected chi connectivity index (χ0v) is 17.4. The molecule has 1 aromatic carbocycles. The highest BCUT2D eigenvalue weighted by atomic mass is 32.1. The Hall–Kier alpha value is -2.75. The molecule has 0 bridgehead atoms. The highest BCUT2D eigenvalue weighted by Gasteiger charge is 2.41. The molecular weight excluding hydrogens is 434 g/mol. The number of aliphatic carboxylic acids is 1. The van der Waals surface area contributed by atoms with E-state index in [9.17, 15) is 27.5 Å². The van der Waals surface area contributed by atoms with Crippen molar-refractivity contribution < 1.29 is 27.5 Å². The largest absolute Gasteiger partial charge is 0.476 e. The van der Waals surface area contributed by atoms with E-state index in [1.54, 1.807) is 5.38 Å².